The van der Waals surface area contributed by atoms with E-state index in [1.807, 2.05) is 24.3 Å². The molecule has 1 aliphatic heterocycles. The van der Waals surface area contributed by atoms with Crippen LogP contribution in [0.25, 0.3) is 0 Å². The number of methoxy groups -OCH3 is 1. The molecule has 4 rings (SSSR count). The third kappa shape index (κ3) is 6.43. The number of hydrogen-bond acceptors (Lipinski definition) is 6. The summed E-state index contributed by atoms with van der Waals surface area (Å²) >= 11 is 0. The maximum absolute atomic E-state index is 12.5. The molecule has 0 saturated heterocycles. The lowest BCUT2D eigenvalue weighted by molar-refractivity contribution is -0.141. The van der Waals surface area contributed by atoms with Crippen LogP contribution in [0.3, 0.4) is 0 Å². The largest absolute Gasteiger partial charge is 0.493 e. The fourth-order valence-electron chi connectivity index (χ4n) is 4.26. The van der Waals surface area contributed by atoms with Gasteiger partial charge in [0.05, 0.1) is 13.7 Å². The van der Waals surface area contributed by atoms with Gasteiger partial charge in [0.25, 0.3) is 5.91 Å². The molecular weight excluding hydrogens is 456 g/mol. The van der Waals surface area contributed by atoms with E-state index in [1.165, 1.54) is 28.5 Å². The lowest BCUT2D eigenvalue weighted by Gasteiger charge is -2.18. The van der Waals surface area contributed by atoms with E-state index in [2.05, 4.69) is 35.2 Å². The topological polar surface area (TPSA) is 68.3 Å². The summed E-state index contributed by atoms with van der Waals surface area (Å²) in [6.07, 6.45) is 0. The fraction of sp³-hybridized carbons (Fsp3) is 0.310. The van der Waals surface area contributed by atoms with Crippen molar-refractivity contribution in [3.63, 3.8) is 0 Å². The first-order valence-electron chi connectivity index (χ1n) is 12.0. The molecule has 0 spiro atoms. The Kier molecular flexibility index (Phi) is 8.23. The van der Waals surface area contributed by atoms with E-state index in [1.54, 1.807) is 26.3 Å². The van der Waals surface area contributed by atoms with Crippen LogP contribution in [0, 0.1) is 0 Å². The number of rotatable bonds is 10. The Morgan fingerprint density at radius 3 is 2.22 bits per heavy atom. The predicted octanol–water partition coefficient (Wildman–Crippen LogP) is 4.43. The number of benzene rings is 3. The maximum Gasteiger partial charge on any atom is 0.302 e. The smallest absolute Gasteiger partial charge is 0.302 e. The van der Waals surface area contributed by atoms with Gasteiger partial charge >= 0.3 is 5.97 Å². The highest BCUT2D eigenvalue weighted by Gasteiger charge is 2.19. The molecule has 3 aromatic carbocycles. The molecule has 7 nitrogen and oxygen atoms in total. The third-order valence-corrected chi connectivity index (χ3v) is 6.21. The van der Waals surface area contributed by atoms with Crippen LogP contribution >= 0.6 is 0 Å². The van der Waals surface area contributed by atoms with Crippen LogP contribution in [0.2, 0.25) is 0 Å². The Balaban J connectivity index is 1.31. The van der Waals surface area contributed by atoms with Crippen molar-refractivity contribution < 1.29 is 23.8 Å². The minimum Gasteiger partial charge on any atom is -0.493 e. The second kappa shape index (κ2) is 11.7. The molecule has 36 heavy (non-hydrogen) atoms. The van der Waals surface area contributed by atoms with Crippen LogP contribution in [-0.2, 0) is 35.8 Å². The van der Waals surface area contributed by atoms with E-state index >= 15 is 0 Å². The standard InChI is InChI=1S/C29H32N2O5/c1-21(32)35-15-14-30(2)29(33)24-11-8-22(9-12-24)20-36-27-13-10-23(16-28(27)34-3)17-31-18-25-6-4-5-7-26(25)19-31/h4-13,16H,14-15,17-20H2,1-3H3. The van der Waals surface area contributed by atoms with Crippen molar-refractivity contribution >= 4 is 11.9 Å². The van der Waals surface area contributed by atoms with E-state index in [9.17, 15) is 9.59 Å². The lowest BCUT2D eigenvalue weighted by atomic mass is 10.1. The highest BCUT2D eigenvalue weighted by Crippen LogP contribution is 2.31. The summed E-state index contributed by atoms with van der Waals surface area (Å²) in [5, 5.41) is 0. The van der Waals surface area contributed by atoms with Gasteiger partial charge in [-0.2, -0.15) is 0 Å². The Bertz CT molecular complexity index is 1180. The Labute approximate surface area is 212 Å². The van der Waals surface area contributed by atoms with Crippen LogP contribution in [0.1, 0.15) is 39.5 Å². The van der Waals surface area contributed by atoms with Gasteiger partial charge < -0.3 is 19.1 Å². The van der Waals surface area contributed by atoms with E-state index in [4.69, 9.17) is 14.2 Å². The zero-order chi connectivity index (χ0) is 25.5. The first-order chi connectivity index (χ1) is 17.4. The van der Waals surface area contributed by atoms with Crippen molar-refractivity contribution in [3.8, 4) is 11.5 Å². The molecule has 0 aromatic heterocycles. The molecule has 0 radical (unpaired) electrons. The summed E-state index contributed by atoms with van der Waals surface area (Å²) in [6.45, 7) is 4.97. The number of carbonyl (C=O) groups excluding carboxylic acids is 2. The molecule has 0 bridgehead atoms. The maximum atomic E-state index is 12.5. The molecule has 3 aromatic rings. The normalized spacial score (nSPS) is 12.6. The van der Waals surface area contributed by atoms with Crippen molar-refractivity contribution in [2.45, 2.75) is 33.2 Å². The van der Waals surface area contributed by atoms with Crippen molar-refractivity contribution in [3.05, 3.63) is 94.5 Å². The highest BCUT2D eigenvalue weighted by molar-refractivity contribution is 5.94. The quantitative estimate of drug-likeness (QED) is 0.394. The Hall–Kier alpha value is -3.84. The van der Waals surface area contributed by atoms with Gasteiger partial charge in [-0.1, -0.05) is 42.5 Å². The number of ether oxygens (including phenoxy) is 3. The number of nitrogens with zero attached hydrogens (tertiary/aromatic N) is 2. The molecular formula is C29H32N2O5. The number of fused-ring (bicyclic) bond motifs is 1. The summed E-state index contributed by atoms with van der Waals surface area (Å²) in [7, 11) is 3.33. The summed E-state index contributed by atoms with van der Waals surface area (Å²) in [6, 6.07) is 21.9. The molecule has 0 N–H and O–H groups in total. The summed E-state index contributed by atoms with van der Waals surface area (Å²) in [4.78, 5) is 27.4. The first-order valence-corrected chi connectivity index (χ1v) is 12.0. The molecule has 1 heterocycles. The van der Waals surface area contributed by atoms with Gasteiger partial charge in [-0.25, -0.2) is 0 Å². The Morgan fingerprint density at radius 1 is 0.917 bits per heavy atom. The van der Waals surface area contributed by atoms with Crippen molar-refractivity contribution in [1.29, 1.82) is 0 Å². The molecule has 0 saturated carbocycles. The molecule has 0 unspecified atom stereocenters. The van der Waals surface area contributed by atoms with E-state index in [-0.39, 0.29) is 18.5 Å². The first kappa shape index (κ1) is 25.3. The van der Waals surface area contributed by atoms with Crippen LogP contribution in [0.5, 0.6) is 11.5 Å². The third-order valence-electron chi connectivity index (χ3n) is 6.21. The van der Waals surface area contributed by atoms with Crippen molar-refractivity contribution in [2.24, 2.45) is 0 Å². The summed E-state index contributed by atoms with van der Waals surface area (Å²) in [5.41, 5.74) is 5.47. The van der Waals surface area contributed by atoms with Gasteiger partial charge in [0.15, 0.2) is 11.5 Å². The number of hydrogen-bond donors (Lipinski definition) is 0. The molecule has 0 aliphatic carbocycles. The van der Waals surface area contributed by atoms with Crippen molar-refractivity contribution in [2.75, 3.05) is 27.3 Å². The molecule has 1 amide bonds. The molecule has 0 atom stereocenters. The second-order valence-corrected chi connectivity index (χ2v) is 8.95. The van der Waals surface area contributed by atoms with Gasteiger partial charge in [0.1, 0.15) is 13.2 Å². The van der Waals surface area contributed by atoms with Gasteiger partial charge in [-0.05, 0) is 46.5 Å². The van der Waals surface area contributed by atoms with Crippen LogP contribution < -0.4 is 9.47 Å². The van der Waals surface area contributed by atoms with Gasteiger partial charge in [0, 0.05) is 39.2 Å². The minimum atomic E-state index is -0.357. The summed E-state index contributed by atoms with van der Waals surface area (Å²) in [5.74, 6) is 0.888. The number of esters is 1. The fourth-order valence-corrected chi connectivity index (χ4v) is 4.26. The zero-order valence-corrected chi connectivity index (χ0v) is 21.0. The molecule has 0 fully saturated rings. The van der Waals surface area contributed by atoms with E-state index in [0.717, 1.165) is 25.2 Å². The SMILES string of the molecule is COc1cc(CN2Cc3ccccc3C2)ccc1OCc1ccc(C(=O)N(C)CCOC(C)=O)cc1. The zero-order valence-electron chi connectivity index (χ0n) is 21.0. The summed E-state index contributed by atoms with van der Waals surface area (Å²) < 4.78 is 16.5. The number of carbonyl (C=O) groups is 2. The van der Waals surface area contributed by atoms with Crippen LogP contribution in [-0.4, -0.2) is 49.0 Å². The Morgan fingerprint density at radius 2 is 1.58 bits per heavy atom. The average molecular weight is 489 g/mol. The van der Waals surface area contributed by atoms with Crippen LogP contribution in [0.15, 0.2) is 66.7 Å². The molecule has 1 aliphatic rings. The average Bonchev–Trinajstić information content (AvgIpc) is 3.29. The van der Waals surface area contributed by atoms with Crippen LogP contribution in [0.4, 0.5) is 0 Å². The number of amides is 1. The second-order valence-electron chi connectivity index (χ2n) is 8.95. The monoisotopic (exact) mass is 488 g/mol. The lowest BCUT2D eigenvalue weighted by Crippen LogP contribution is -2.30. The van der Waals surface area contributed by atoms with Gasteiger partial charge in [-0.3, -0.25) is 14.5 Å². The molecule has 188 valence electrons. The van der Waals surface area contributed by atoms with E-state index in [0.29, 0.717) is 30.2 Å². The number of likely N-dealkylation sites (N-methyl/N-ethyl adjacent to an activating group) is 1. The molecule has 7 heteroatoms. The predicted molar refractivity (Wildman–Crippen MR) is 137 cm³/mol. The highest BCUT2D eigenvalue weighted by atomic mass is 16.5. The van der Waals surface area contributed by atoms with E-state index < -0.39 is 0 Å². The van der Waals surface area contributed by atoms with Gasteiger partial charge in [-0.15, -0.1) is 0 Å². The van der Waals surface area contributed by atoms with Gasteiger partial charge in [0.2, 0.25) is 0 Å². The van der Waals surface area contributed by atoms with Crippen molar-refractivity contribution in [1.82, 2.24) is 9.80 Å². The minimum absolute atomic E-state index is 0.132.